The van der Waals surface area contributed by atoms with Gasteiger partial charge in [-0.25, -0.2) is 9.78 Å². The normalized spacial score (nSPS) is 19.1. The van der Waals surface area contributed by atoms with Gasteiger partial charge in [0.15, 0.2) is 10.8 Å². The lowest BCUT2D eigenvalue weighted by atomic mass is 9.79. The van der Waals surface area contributed by atoms with Crippen molar-refractivity contribution in [1.29, 1.82) is 0 Å². The van der Waals surface area contributed by atoms with Gasteiger partial charge in [0.2, 0.25) is 0 Å². The van der Waals surface area contributed by atoms with E-state index in [1.165, 1.54) is 11.3 Å². The van der Waals surface area contributed by atoms with Crippen LogP contribution in [0.5, 0.6) is 0 Å². The van der Waals surface area contributed by atoms with Gasteiger partial charge < -0.3 is 10.1 Å². The summed E-state index contributed by atoms with van der Waals surface area (Å²) in [5.74, 6) is 1.80. The van der Waals surface area contributed by atoms with E-state index >= 15 is 0 Å². The summed E-state index contributed by atoms with van der Waals surface area (Å²) in [7, 11) is 0. The molecule has 8 nitrogen and oxygen atoms in total. The van der Waals surface area contributed by atoms with Gasteiger partial charge in [-0.15, -0.1) is 21.5 Å². The second kappa shape index (κ2) is 7.31. The fourth-order valence-electron chi connectivity index (χ4n) is 3.20. The van der Waals surface area contributed by atoms with Gasteiger partial charge in [0.05, 0.1) is 5.69 Å². The molecule has 1 fully saturated rings. The molecule has 0 atom stereocenters. The molecule has 0 aromatic carbocycles. The molecule has 1 aliphatic rings. The predicted octanol–water partition coefficient (Wildman–Crippen LogP) is 3.56. The van der Waals surface area contributed by atoms with Crippen molar-refractivity contribution in [3.05, 3.63) is 41.9 Å². The van der Waals surface area contributed by atoms with Crippen molar-refractivity contribution in [3.63, 3.8) is 0 Å². The SMILES string of the molecule is CC(C)(C)OC(=O)NC1CC(c2nnc(-c3nccs3)n2-c2ccncc2)C1. The number of amides is 1. The molecule has 4 rings (SSSR count). The largest absolute Gasteiger partial charge is 0.444 e. The second-order valence-electron chi connectivity index (χ2n) is 7.77. The van der Waals surface area contributed by atoms with Gasteiger partial charge in [-0.2, -0.15) is 0 Å². The third-order valence-electron chi connectivity index (χ3n) is 4.46. The van der Waals surface area contributed by atoms with Crippen molar-refractivity contribution >= 4 is 17.4 Å². The van der Waals surface area contributed by atoms with Gasteiger partial charge in [0, 0.05) is 35.9 Å². The fraction of sp³-hybridized carbons (Fsp3) is 0.421. The van der Waals surface area contributed by atoms with Crippen LogP contribution < -0.4 is 5.32 Å². The Morgan fingerprint density at radius 1 is 1.21 bits per heavy atom. The zero-order chi connectivity index (χ0) is 19.7. The van der Waals surface area contributed by atoms with Gasteiger partial charge in [0.25, 0.3) is 0 Å². The third kappa shape index (κ3) is 3.89. The van der Waals surface area contributed by atoms with Crippen molar-refractivity contribution in [1.82, 2.24) is 30.0 Å². The molecule has 1 amide bonds. The Bertz CT molecular complexity index is 943. The molecular formula is C19H22N6O2S. The summed E-state index contributed by atoms with van der Waals surface area (Å²) in [6.45, 7) is 5.56. The third-order valence-corrected chi connectivity index (χ3v) is 5.23. The Morgan fingerprint density at radius 3 is 2.61 bits per heavy atom. The molecule has 3 aromatic heterocycles. The van der Waals surface area contributed by atoms with E-state index in [9.17, 15) is 4.79 Å². The van der Waals surface area contributed by atoms with Crippen LogP contribution in [0.25, 0.3) is 16.5 Å². The Labute approximate surface area is 167 Å². The zero-order valence-electron chi connectivity index (χ0n) is 16.0. The number of pyridine rings is 1. The monoisotopic (exact) mass is 398 g/mol. The van der Waals surface area contributed by atoms with Crippen LogP contribution in [-0.2, 0) is 4.74 Å². The summed E-state index contributed by atoms with van der Waals surface area (Å²) in [4.78, 5) is 20.5. The van der Waals surface area contributed by atoms with E-state index in [-0.39, 0.29) is 18.1 Å². The van der Waals surface area contributed by atoms with Crippen LogP contribution in [0.15, 0.2) is 36.1 Å². The van der Waals surface area contributed by atoms with Gasteiger partial charge in [-0.05, 0) is 45.7 Å². The highest BCUT2D eigenvalue weighted by Crippen LogP contribution is 2.38. The summed E-state index contributed by atoms with van der Waals surface area (Å²) in [6.07, 6.45) is 6.46. The second-order valence-corrected chi connectivity index (χ2v) is 8.67. The first kappa shape index (κ1) is 18.5. The average Bonchev–Trinajstić information content (AvgIpc) is 3.26. The molecule has 146 valence electrons. The lowest BCUT2D eigenvalue weighted by Crippen LogP contribution is -2.45. The minimum atomic E-state index is -0.503. The van der Waals surface area contributed by atoms with Crippen LogP contribution in [0.2, 0.25) is 0 Å². The van der Waals surface area contributed by atoms with Crippen LogP contribution in [0.4, 0.5) is 4.79 Å². The van der Waals surface area contributed by atoms with Crippen molar-refractivity contribution in [2.75, 3.05) is 0 Å². The van der Waals surface area contributed by atoms with Crippen LogP contribution in [0.1, 0.15) is 45.4 Å². The number of hydrogen-bond acceptors (Lipinski definition) is 7. The van der Waals surface area contributed by atoms with Crippen molar-refractivity contribution in [2.24, 2.45) is 0 Å². The first-order valence-corrected chi connectivity index (χ1v) is 10.0. The Balaban J connectivity index is 1.53. The number of hydrogen-bond donors (Lipinski definition) is 1. The number of alkyl carbamates (subject to hydrolysis) is 1. The number of carbonyl (C=O) groups is 1. The lowest BCUT2D eigenvalue weighted by Gasteiger charge is -2.35. The maximum atomic E-state index is 12.0. The zero-order valence-corrected chi connectivity index (χ0v) is 16.8. The lowest BCUT2D eigenvalue weighted by molar-refractivity contribution is 0.0469. The van der Waals surface area contributed by atoms with Crippen molar-refractivity contribution < 1.29 is 9.53 Å². The van der Waals surface area contributed by atoms with Gasteiger partial charge >= 0.3 is 6.09 Å². The predicted molar refractivity (Wildman–Crippen MR) is 105 cm³/mol. The first-order valence-electron chi connectivity index (χ1n) is 9.16. The average molecular weight is 398 g/mol. The highest BCUT2D eigenvalue weighted by Gasteiger charge is 2.37. The number of aromatic nitrogens is 5. The number of rotatable bonds is 4. The molecule has 0 bridgehead atoms. The molecule has 3 heterocycles. The van der Waals surface area contributed by atoms with E-state index in [2.05, 4.69) is 25.5 Å². The van der Waals surface area contributed by atoms with Gasteiger partial charge in [-0.3, -0.25) is 9.55 Å². The summed E-state index contributed by atoms with van der Waals surface area (Å²) < 4.78 is 7.37. The summed E-state index contributed by atoms with van der Waals surface area (Å²) in [6, 6.07) is 3.93. The van der Waals surface area contributed by atoms with E-state index in [1.807, 2.05) is 42.9 Å². The molecule has 9 heteroatoms. The van der Waals surface area contributed by atoms with E-state index in [1.54, 1.807) is 18.6 Å². The van der Waals surface area contributed by atoms with Crippen LogP contribution in [0, 0.1) is 0 Å². The summed E-state index contributed by atoms with van der Waals surface area (Å²) in [5.41, 5.74) is 0.445. The van der Waals surface area contributed by atoms with Crippen molar-refractivity contribution in [3.8, 4) is 16.5 Å². The molecule has 3 aromatic rings. The molecule has 28 heavy (non-hydrogen) atoms. The highest BCUT2D eigenvalue weighted by molar-refractivity contribution is 7.13. The number of thiazole rings is 1. The molecule has 0 spiro atoms. The Hall–Kier alpha value is -2.81. The van der Waals surface area contributed by atoms with Crippen LogP contribution >= 0.6 is 11.3 Å². The van der Waals surface area contributed by atoms with Gasteiger partial charge in [0.1, 0.15) is 11.4 Å². The quantitative estimate of drug-likeness (QED) is 0.722. The molecule has 1 aliphatic carbocycles. The summed E-state index contributed by atoms with van der Waals surface area (Å²) >= 11 is 1.53. The molecule has 0 radical (unpaired) electrons. The maximum absolute atomic E-state index is 12.0. The Kier molecular flexibility index (Phi) is 4.84. The van der Waals surface area contributed by atoms with E-state index < -0.39 is 5.60 Å². The molecule has 0 unspecified atom stereocenters. The van der Waals surface area contributed by atoms with E-state index in [4.69, 9.17) is 4.74 Å². The minimum Gasteiger partial charge on any atom is -0.444 e. The smallest absolute Gasteiger partial charge is 0.407 e. The van der Waals surface area contributed by atoms with Crippen LogP contribution in [-0.4, -0.2) is 42.5 Å². The van der Waals surface area contributed by atoms with E-state index in [0.29, 0.717) is 0 Å². The molecule has 1 saturated carbocycles. The number of nitrogens with zero attached hydrogens (tertiary/aromatic N) is 5. The molecule has 1 N–H and O–H groups in total. The fourth-order valence-corrected chi connectivity index (χ4v) is 3.81. The highest BCUT2D eigenvalue weighted by atomic mass is 32.1. The van der Waals surface area contributed by atoms with Crippen LogP contribution in [0.3, 0.4) is 0 Å². The minimum absolute atomic E-state index is 0.0748. The van der Waals surface area contributed by atoms with Crippen molar-refractivity contribution in [2.45, 2.75) is 51.2 Å². The summed E-state index contributed by atoms with van der Waals surface area (Å²) in [5, 5.41) is 14.5. The molecule has 0 aliphatic heterocycles. The molecule has 0 saturated heterocycles. The first-order chi connectivity index (χ1) is 13.4. The standard InChI is InChI=1S/C19H22N6O2S/c1-19(2,3)27-18(26)22-13-10-12(11-13)15-23-24-16(17-21-8-9-28-17)25(15)14-4-6-20-7-5-14/h4-9,12-13H,10-11H2,1-3H3,(H,22,26). The topological polar surface area (TPSA) is 94.8 Å². The van der Waals surface area contributed by atoms with E-state index in [0.717, 1.165) is 35.2 Å². The maximum Gasteiger partial charge on any atom is 0.407 e. The number of nitrogens with one attached hydrogen (secondary N) is 1. The number of ether oxygens (including phenoxy) is 1. The molecular weight excluding hydrogens is 376 g/mol. The Morgan fingerprint density at radius 2 is 1.96 bits per heavy atom. The van der Waals surface area contributed by atoms with Gasteiger partial charge in [-0.1, -0.05) is 0 Å². The number of carbonyl (C=O) groups excluding carboxylic acids is 1.